The first-order valence-electron chi connectivity index (χ1n) is 8.72. The van der Waals surface area contributed by atoms with Crippen molar-refractivity contribution in [2.45, 2.75) is 6.92 Å². The molecule has 0 aliphatic heterocycles. The largest absolute Gasteiger partial charge is 0.493 e. The van der Waals surface area contributed by atoms with Gasteiger partial charge in [0.1, 0.15) is 5.56 Å². The maximum Gasteiger partial charge on any atom is 0.335 e. The molecule has 0 aliphatic carbocycles. The summed E-state index contributed by atoms with van der Waals surface area (Å²) in [6.07, 6.45) is 1.28. The zero-order valence-electron chi connectivity index (χ0n) is 15.1. The lowest BCUT2D eigenvalue weighted by atomic mass is 10.1. The van der Waals surface area contributed by atoms with Crippen LogP contribution in [0.5, 0.6) is 5.88 Å². The molecule has 4 aromatic rings. The number of rotatable bonds is 3. The summed E-state index contributed by atoms with van der Waals surface area (Å²) in [6.45, 7) is 1.82. The molecule has 0 saturated carbocycles. The first kappa shape index (κ1) is 17.5. The molecule has 6 nitrogen and oxygen atoms in total. The van der Waals surface area contributed by atoms with Crippen LogP contribution in [0.3, 0.4) is 0 Å². The molecule has 0 saturated heterocycles. The van der Waals surface area contributed by atoms with E-state index >= 15 is 0 Å². The van der Waals surface area contributed by atoms with Crippen LogP contribution in [0.2, 0.25) is 0 Å². The molecular formula is C22H17N3O3. The Balaban J connectivity index is 1.88. The van der Waals surface area contributed by atoms with E-state index in [1.165, 1.54) is 6.21 Å². The highest BCUT2D eigenvalue weighted by atomic mass is 16.3. The number of hydrogen-bond acceptors (Lipinski definition) is 4. The molecule has 4 rings (SSSR count). The van der Waals surface area contributed by atoms with E-state index < -0.39 is 17.1 Å². The number of benzene rings is 3. The highest BCUT2D eigenvalue weighted by molar-refractivity contribution is 5.95. The van der Waals surface area contributed by atoms with E-state index in [1.807, 2.05) is 61.5 Å². The molecule has 0 radical (unpaired) electrons. The topological polar surface area (TPSA) is 87.4 Å². The van der Waals surface area contributed by atoms with Gasteiger partial charge >= 0.3 is 5.69 Å². The second kappa shape index (κ2) is 7.00. The Morgan fingerprint density at radius 2 is 1.68 bits per heavy atom. The number of H-pyrrole nitrogens is 1. The van der Waals surface area contributed by atoms with Crippen LogP contribution in [0.15, 0.2) is 81.3 Å². The molecule has 0 fully saturated rings. The molecule has 0 spiro atoms. The van der Waals surface area contributed by atoms with Crippen molar-refractivity contribution >= 4 is 22.7 Å². The monoisotopic (exact) mass is 371 g/mol. The second-order valence-electron chi connectivity index (χ2n) is 6.37. The summed E-state index contributed by atoms with van der Waals surface area (Å²) < 4.78 is 1.07. The van der Waals surface area contributed by atoms with E-state index in [1.54, 1.807) is 12.1 Å². The number of nitrogens with zero attached hydrogens (tertiary/aromatic N) is 2. The van der Waals surface area contributed by atoms with Crippen molar-refractivity contribution < 1.29 is 5.11 Å². The number of aromatic hydroxyl groups is 1. The SMILES string of the molecule is Cc1ccccc1-n1c(O)c(C=Nc2cccc3ccccc23)c(=O)[nH]c1=O. The number of para-hydroxylation sites is 1. The van der Waals surface area contributed by atoms with E-state index in [2.05, 4.69) is 9.98 Å². The Morgan fingerprint density at radius 3 is 2.50 bits per heavy atom. The van der Waals surface area contributed by atoms with Gasteiger partial charge in [-0.15, -0.1) is 0 Å². The number of nitrogens with one attached hydrogen (secondary N) is 1. The number of fused-ring (bicyclic) bond motifs is 1. The minimum Gasteiger partial charge on any atom is -0.493 e. The Kier molecular flexibility index (Phi) is 4.37. The van der Waals surface area contributed by atoms with Crippen LogP contribution in [0.4, 0.5) is 5.69 Å². The van der Waals surface area contributed by atoms with Gasteiger partial charge in [0.25, 0.3) is 5.56 Å². The first-order chi connectivity index (χ1) is 13.6. The normalized spacial score (nSPS) is 11.3. The van der Waals surface area contributed by atoms with E-state index in [9.17, 15) is 14.7 Å². The van der Waals surface area contributed by atoms with Crippen LogP contribution in [-0.4, -0.2) is 20.9 Å². The average molecular weight is 371 g/mol. The Morgan fingerprint density at radius 1 is 0.964 bits per heavy atom. The molecule has 0 amide bonds. The standard InChI is InChI=1S/C22H17N3O3/c1-14-7-2-5-12-19(14)25-21(27)17(20(26)24-22(25)28)13-23-18-11-6-9-15-8-3-4-10-16(15)18/h2-13,27H,1H3,(H,24,26,28). The van der Waals surface area contributed by atoms with Crippen molar-refractivity contribution in [3.05, 3.63) is 98.7 Å². The summed E-state index contributed by atoms with van der Waals surface area (Å²) in [6, 6.07) is 20.5. The van der Waals surface area contributed by atoms with Gasteiger partial charge in [0.05, 0.1) is 11.4 Å². The second-order valence-corrected chi connectivity index (χ2v) is 6.37. The van der Waals surface area contributed by atoms with Crippen LogP contribution >= 0.6 is 0 Å². The fourth-order valence-electron chi connectivity index (χ4n) is 3.15. The van der Waals surface area contributed by atoms with Crippen molar-refractivity contribution in [1.82, 2.24) is 9.55 Å². The highest BCUT2D eigenvalue weighted by Gasteiger charge is 2.15. The maximum atomic E-state index is 12.3. The molecule has 0 atom stereocenters. The van der Waals surface area contributed by atoms with Gasteiger partial charge in [-0.25, -0.2) is 9.36 Å². The van der Waals surface area contributed by atoms with Gasteiger partial charge in [-0.1, -0.05) is 54.6 Å². The third-order valence-corrected chi connectivity index (χ3v) is 4.58. The number of aromatic amines is 1. The summed E-state index contributed by atoms with van der Waals surface area (Å²) in [4.78, 5) is 31.3. The lowest BCUT2D eigenvalue weighted by Gasteiger charge is -2.11. The number of hydrogen-bond donors (Lipinski definition) is 2. The van der Waals surface area contributed by atoms with Crippen LogP contribution in [0.1, 0.15) is 11.1 Å². The van der Waals surface area contributed by atoms with Gasteiger partial charge in [0.15, 0.2) is 0 Å². The number of aryl methyl sites for hydroxylation is 1. The van der Waals surface area contributed by atoms with E-state index in [-0.39, 0.29) is 5.56 Å². The maximum absolute atomic E-state index is 12.3. The van der Waals surface area contributed by atoms with Crippen molar-refractivity contribution in [1.29, 1.82) is 0 Å². The smallest absolute Gasteiger partial charge is 0.335 e. The minimum absolute atomic E-state index is 0.0872. The van der Waals surface area contributed by atoms with Gasteiger partial charge in [0, 0.05) is 11.6 Å². The van der Waals surface area contributed by atoms with Crippen molar-refractivity contribution in [2.75, 3.05) is 0 Å². The number of aliphatic imine (C=N–C) groups is 1. The molecule has 0 unspecified atom stereocenters. The average Bonchev–Trinajstić information content (AvgIpc) is 2.69. The van der Waals surface area contributed by atoms with Crippen LogP contribution in [-0.2, 0) is 0 Å². The fraction of sp³-hybridized carbons (Fsp3) is 0.0455. The zero-order chi connectivity index (χ0) is 19.7. The minimum atomic E-state index is -0.709. The summed E-state index contributed by atoms with van der Waals surface area (Å²) in [5, 5.41) is 12.6. The van der Waals surface area contributed by atoms with E-state index in [4.69, 9.17) is 0 Å². The molecule has 138 valence electrons. The van der Waals surface area contributed by atoms with Gasteiger partial charge in [-0.3, -0.25) is 14.8 Å². The van der Waals surface area contributed by atoms with Gasteiger partial charge < -0.3 is 5.11 Å². The quantitative estimate of drug-likeness (QED) is 0.541. The molecule has 1 heterocycles. The Hall–Kier alpha value is -3.93. The van der Waals surface area contributed by atoms with Crippen LogP contribution < -0.4 is 11.2 Å². The van der Waals surface area contributed by atoms with Gasteiger partial charge in [-0.05, 0) is 30.0 Å². The fourth-order valence-corrected chi connectivity index (χ4v) is 3.15. The number of aromatic nitrogens is 2. The highest BCUT2D eigenvalue weighted by Crippen LogP contribution is 2.26. The molecular weight excluding hydrogens is 354 g/mol. The molecule has 0 aliphatic rings. The molecule has 0 bridgehead atoms. The third kappa shape index (κ3) is 3.01. The Bertz CT molecular complexity index is 1330. The summed E-state index contributed by atoms with van der Waals surface area (Å²) in [5.41, 5.74) is 0.432. The first-order valence-corrected chi connectivity index (χ1v) is 8.72. The summed E-state index contributed by atoms with van der Waals surface area (Å²) in [5.74, 6) is -0.452. The lowest BCUT2D eigenvalue weighted by molar-refractivity contribution is 0.430. The van der Waals surface area contributed by atoms with Gasteiger partial charge in [0.2, 0.25) is 5.88 Å². The molecule has 2 N–H and O–H groups in total. The van der Waals surface area contributed by atoms with Crippen molar-refractivity contribution in [3.63, 3.8) is 0 Å². The van der Waals surface area contributed by atoms with Crippen molar-refractivity contribution in [3.8, 4) is 11.6 Å². The van der Waals surface area contributed by atoms with E-state index in [0.29, 0.717) is 11.4 Å². The summed E-state index contributed by atoms with van der Waals surface area (Å²) >= 11 is 0. The van der Waals surface area contributed by atoms with Crippen molar-refractivity contribution in [2.24, 2.45) is 4.99 Å². The Labute approximate surface area is 160 Å². The van der Waals surface area contributed by atoms with E-state index in [0.717, 1.165) is 20.9 Å². The van der Waals surface area contributed by atoms with Gasteiger partial charge in [-0.2, -0.15) is 0 Å². The molecule has 6 heteroatoms. The third-order valence-electron chi connectivity index (χ3n) is 4.58. The van der Waals surface area contributed by atoms with Crippen LogP contribution in [0.25, 0.3) is 16.5 Å². The summed E-state index contributed by atoms with van der Waals surface area (Å²) in [7, 11) is 0. The molecule has 1 aromatic heterocycles. The predicted octanol–water partition coefficient (Wildman–Crippen LogP) is 3.44. The van der Waals surface area contributed by atoms with Crippen LogP contribution in [0, 0.1) is 6.92 Å². The zero-order valence-corrected chi connectivity index (χ0v) is 15.1. The molecule has 28 heavy (non-hydrogen) atoms. The lowest BCUT2D eigenvalue weighted by Crippen LogP contribution is -2.31. The predicted molar refractivity (Wildman–Crippen MR) is 110 cm³/mol. The molecule has 3 aromatic carbocycles.